The van der Waals surface area contributed by atoms with Gasteiger partial charge < -0.3 is 19.0 Å². The molecule has 2 aromatic carbocycles. The van der Waals surface area contributed by atoms with Crippen molar-refractivity contribution in [3.8, 4) is 11.5 Å². The Morgan fingerprint density at radius 2 is 1.84 bits per heavy atom. The zero-order chi connectivity index (χ0) is 21.8. The highest BCUT2D eigenvalue weighted by molar-refractivity contribution is 5.85. The van der Waals surface area contributed by atoms with Crippen molar-refractivity contribution in [2.45, 2.75) is 38.8 Å². The van der Waals surface area contributed by atoms with Gasteiger partial charge in [0.2, 0.25) is 0 Å². The number of ether oxygens (including phenoxy) is 2. The van der Waals surface area contributed by atoms with E-state index < -0.39 is 11.9 Å². The van der Waals surface area contributed by atoms with Gasteiger partial charge in [0.25, 0.3) is 0 Å². The molecule has 0 bridgehead atoms. The Hall–Kier alpha value is -3.16. The minimum atomic E-state index is -4.55. The molecule has 0 saturated heterocycles. The van der Waals surface area contributed by atoms with Gasteiger partial charge in [-0.15, -0.1) is 0 Å². The molecular weight excluding hydrogens is 409 g/mol. The highest BCUT2D eigenvalue weighted by atomic mass is 19.4. The normalized spacial score (nSPS) is 12.0. The topological polar surface area (TPSA) is 60.3 Å². The molecule has 1 N–H and O–H groups in total. The maximum absolute atomic E-state index is 13.1. The maximum Gasteiger partial charge on any atom is 0.437 e. The molecule has 0 saturated carbocycles. The van der Waals surface area contributed by atoms with Crippen LogP contribution in [-0.4, -0.2) is 23.4 Å². The molecule has 2 aromatic heterocycles. The summed E-state index contributed by atoms with van der Waals surface area (Å²) in [5, 5.41) is 4.31. The lowest BCUT2D eigenvalue weighted by molar-refractivity contribution is -0.141. The van der Waals surface area contributed by atoms with Gasteiger partial charge in [0.15, 0.2) is 11.3 Å². The average Bonchev–Trinajstić information content (AvgIpc) is 3.38. The van der Waals surface area contributed by atoms with Crippen molar-refractivity contribution in [2.24, 2.45) is 0 Å². The average molecular weight is 432 g/mol. The van der Waals surface area contributed by atoms with E-state index in [4.69, 9.17) is 14.0 Å². The van der Waals surface area contributed by atoms with Crippen molar-refractivity contribution in [3.05, 3.63) is 53.9 Å². The zero-order valence-corrected chi connectivity index (χ0v) is 17.1. The van der Waals surface area contributed by atoms with E-state index in [1.165, 1.54) is 6.07 Å². The van der Waals surface area contributed by atoms with Crippen molar-refractivity contribution in [2.75, 3.05) is 13.2 Å². The predicted octanol–water partition coefficient (Wildman–Crippen LogP) is 6.52. The number of hydrogen-bond donors (Lipinski definition) is 1. The molecular formula is C23H23F3N2O3. The van der Waals surface area contributed by atoms with E-state index in [-0.39, 0.29) is 11.0 Å². The SMILES string of the molecule is CCCc1c(OCCCCOc2ccc3[nH]ccc3c2)ccc2c(C(F)(F)F)noc12. The van der Waals surface area contributed by atoms with Gasteiger partial charge in [-0.25, -0.2) is 0 Å². The van der Waals surface area contributed by atoms with Crippen LogP contribution in [0.5, 0.6) is 11.5 Å². The minimum absolute atomic E-state index is 0.0314. The number of hydrogen-bond acceptors (Lipinski definition) is 4. The largest absolute Gasteiger partial charge is 0.494 e. The molecule has 0 unspecified atom stereocenters. The lowest BCUT2D eigenvalue weighted by Crippen LogP contribution is -2.06. The summed E-state index contributed by atoms with van der Waals surface area (Å²) in [5.41, 5.74) is 0.838. The number of aromatic amines is 1. The van der Waals surface area contributed by atoms with E-state index in [0.29, 0.717) is 30.9 Å². The van der Waals surface area contributed by atoms with Crippen LogP contribution in [0.15, 0.2) is 47.1 Å². The van der Waals surface area contributed by atoms with Gasteiger partial charge >= 0.3 is 6.18 Å². The summed E-state index contributed by atoms with van der Waals surface area (Å²) in [6, 6.07) is 10.8. The van der Waals surface area contributed by atoms with Gasteiger partial charge in [-0.2, -0.15) is 13.2 Å². The van der Waals surface area contributed by atoms with Crippen LogP contribution < -0.4 is 9.47 Å². The first kappa shape index (κ1) is 21.1. The fourth-order valence-electron chi connectivity index (χ4n) is 3.56. The first-order valence-corrected chi connectivity index (χ1v) is 10.3. The summed E-state index contributed by atoms with van der Waals surface area (Å²) in [5.74, 6) is 1.35. The summed E-state index contributed by atoms with van der Waals surface area (Å²) < 4.78 is 56.0. The smallest absolute Gasteiger partial charge is 0.437 e. The van der Waals surface area contributed by atoms with Gasteiger partial charge in [-0.3, -0.25) is 0 Å². The summed E-state index contributed by atoms with van der Waals surface area (Å²) in [6.07, 6.45) is 0.166. The van der Waals surface area contributed by atoms with Crippen LogP contribution in [0.2, 0.25) is 0 Å². The highest BCUT2D eigenvalue weighted by Crippen LogP contribution is 2.38. The monoisotopic (exact) mass is 432 g/mol. The number of H-pyrrole nitrogens is 1. The van der Waals surface area contributed by atoms with Crippen LogP contribution in [-0.2, 0) is 12.6 Å². The van der Waals surface area contributed by atoms with Crippen LogP contribution in [0.3, 0.4) is 0 Å². The molecule has 0 aliphatic heterocycles. The molecule has 0 aliphatic carbocycles. The van der Waals surface area contributed by atoms with E-state index >= 15 is 0 Å². The summed E-state index contributed by atoms with van der Waals surface area (Å²) in [4.78, 5) is 3.14. The number of halogens is 3. The Balaban J connectivity index is 1.33. The molecule has 5 nitrogen and oxygen atoms in total. The number of alkyl halides is 3. The number of nitrogens with zero attached hydrogens (tertiary/aromatic N) is 1. The number of rotatable bonds is 9. The molecule has 164 valence electrons. The Labute approximate surface area is 177 Å². The fraction of sp³-hybridized carbons (Fsp3) is 0.348. The van der Waals surface area contributed by atoms with Crippen molar-refractivity contribution in [3.63, 3.8) is 0 Å². The van der Waals surface area contributed by atoms with E-state index in [9.17, 15) is 13.2 Å². The van der Waals surface area contributed by atoms with Gasteiger partial charge in [-0.05, 0) is 55.7 Å². The Morgan fingerprint density at radius 1 is 1.03 bits per heavy atom. The van der Waals surface area contributed by atoms with Gasteiger partial charge in [-0.1, -0.05) is 18.5 Å². The lowest BCUT2D eigenvalue weighted by atomic mass is 10.0. The van der Waals surface area contributed by atoms with Crippen LogP contribution >= 0.6 is 0 Å². The number of unbranched alkanes of at least 4 members (excludes halogenated alkanes) is 1. The van der Waals surface area contributed by atoms with E-state index in [2.05, 4.69) is 10.1 Å². The van der Waals surface area contributed by atoms with Crippen LogP contribution in [0.25, 0.3) is 21.9 Å². The van der Waals surface area contributed by atoms with Gasteiger partial charge in [0.05, 0.1) is 18.6 Å². The Bertz CT molecular complexity index is 1160. The van der Waals surface area contributed by atoms with Crippen molar-refractivity contribution in [1.29, 1.82) is 0 Å². The van der Waals surface area contributed by atoms with Crippen LogP contribution in [0.1, 0.15) is 37.4 Å². The number of nitrogens with one attached hydrogen (secondary N) is 1. The molecule has 4 aromatic rings. The highest BCUT2D eigenvalue weighted by Gasteiger charge is 2.37. The predicted molar refractivity (Wildman–Crippen MR) is 112 cm³/mol. The second-order valence-electron chi connectivity index (χ2n) is 7.33. The van der Waals surface area contributed by atoms with E-state index in [1.807, 2.05) is 37.4 Å². The molecule has 4 rings (SSSR count). The molecule has 0 aliphatic rings. The molecule has 8 heteroatoms. The van der Waals surface area contributed by atoms with Crippen molar-refractivity contribution < 1.29 is 27.2 Å². The zero-order valence-electron chi connectivity index (χ0n) is 17.1. The quantitative estimate of drug-likeness (QED) is 0.306. The third-order valence-corrected chi connectivity index (χ3v) is 5.06. The molecule has 0 amide bonds. The molecule has 2 heterocycles. The van der Waals surface area contributed by atoms with Crippen molar-refractivity contribution >= 4 is 21.9 Å². The standard InChI is InChI=1S/C23H23F3N2O3/c1-2-5-17-20(9-7-18-21(17)31-28-22(18)23(24,25)26)30-13-4-3-12-29-16-6-8-19-15(14-16)10-11-27-19/h6-11,14,27H,2-5,12-13H2,1H3. The fourth-order valence-corrected chi connectivity index (χ4v) is 3.56. The number of fused-ring (bicyclic) bond motifs is 2. The van der Waals surface area contributed by atoms with E-state index in [1.54, 1.807) is 6.07 Å². The second kappa shape index (κ2) is 8.91. The summed E-state index contributed by atoms with van der Waals surface area (Å²) in [7, 11) is 0. The maximum atomic E-state index is 13.1. The summed E-state index contributed by atoms with van der Waals surface area (Å²) in [6.45, 7) is 2.94. The lowest BCUT2D eigenvalue weighted by Gasteiger charge is -2.12. The third-order valence-electron chi connectivity index (χ3n) is 5.06. The first-order chi connectivity index (χ1) is 15.0. The van der Waals surface area contributed by atoms with Crippen molar-refractivity contribution in [1.82, 2.24) is 10.1 Å². The Morgan fingerprint density at radius 3 is 2.61 bits per heavy atom. The van der Waals surface area contributed by atoms with Crippen LogP contribution in [0.4, 0.5) is 13.2 Å². The number of aryl methyl sites for hydroxylation is 1. The van der Waals surface area contributed by atoms with Gasteiger partial charge in [0, 0.05) is 22.7 Å². The Kier molecular flexibility index (Phi) is 6.06. The molecule has 0 atom stereocenters. The van der Waals surface area contributed by atoms with E-state index in [0.717, 1.165) is 35.9 Å². The minimum Gasteiger partial charge on any atom is -0.494 e. The molecule has 0 spiro atoms. The number of aromatic nitrogens is 2. The molecule has 0 fully saturated rings. The number of benzene rings is 2. The summed E-state index contributed by atoms with van der Waals surface area (Å²) >= 11 is 0. The van der Waals surface area contributed by atoms with Crippen LogP contribution in [0, 0.1) is 0 Å². The molecule has 31 heavy (non-hydrogen) atoms. The van der Waals surface area contributed by atoms with Gasteiger partial charge in [0.1, 0.15) is 11.5 Å². The molecule has 0 radical (unpaired) electrons. The second-order valence-corrected chi connectivity index (χ2v) is 7.33. The third kappa shape index (κ3) is 4.62. The first-order valence-electron chi connectivity index (χ1n) is 10.3.